The summed E-state index contributed by atoms with van der Waals surface area (Å²) < 4.78 is 4.74. The molecule has 0 aromatic heterocycles. The summed E-state index contributed by atoms with van der Waals surface area (Å²) in [5.41, 5.74) is 4.99. The van der Waals surface area contributed by atoms with Crippen LogP contribution in [0.1, 0.15) is 28.2 Å². The van der Waals surface area contributed by atoms with Crippen LogP contribution in [0.15, 0.2) is 12.1 Å². The van der Waals surface area contributed by atoms with Crippen LogP contribution >= 0.6 is 0 Å². The second-order valence-corrected chi connectivity index (χ2v) is 3.92. The van der Waals surface area contributed by atoms with Gasteiger partial charge in [0.2, 0.25) is 0 Å². The largest absolute Gasteiger partial charge is 0.469 e. The third-order valence-corrected chi connectivity index (χ3v) is 3.04. The van der Waals surface area contributed by atoms with Crippen molar-refractivity contribution in [2.75, 3.05) is 7.11 Å². The van der Waals surface area contributed by atoms with Gasteiger partial charge in [-0.1, -0.05) is 12.1 Å². The van der Waals surface area contributed by atoms with E-state index in [9.17, 15) is 4.79 Å². The highest BCUT2D eigenvalue weighted by Gasteiger charge is 2.33. The molecule has 0 saturated heterocycles. The van der Waals surface area contributed by atoms with Crippen LogP contribution in [0.5, 0.6) is 0 Å². The molecule has 1 unspecified atom stereocenters. The summed E-state index contributed by atoms with van der Waals surface area (Å²) >= 11 is 0. The molecule has 2 nitrogen and oxygen atoms in total. The first-order valence-corrected chi connectivity index (χ1v) is 4.81. The van der Waals surface area contributed by atoms with Crippen LogP contribution in [-0.4, -0.2) is 13.1 Å². The molecule has 14 heavy (non-hydrogen) atoms. The molecule has 1 atom stereocenters. The summed E-state index contributed by atoms with van der Waals surface area (Å²) in [5, 5.41) is 0. The SMILES string of the molecule is COC(=O)C1Cc2cc(C)c(C)cc21. The predicted molar refractivity (Wildman–Crippen MR) is 54.4 cm³/mol. The van der Waals surface area contributed by atoms with E-state index in [0.717, 1.165) is 12.0 Å². The average Bonchev–Trinajstić information content (AvgIpc) is 2.16. The summed E-state index contributed by atoms with van der Waals surface area (Å²) in [5.74, 6) is -0.130. The van der Waals surface area contributed by atoms with Crippen molar-refractivity contribution in [3.63, 3.8) is 0 Å². The maximum atomic E-state index is 11.3. The van der Waals surface area contributed by atoms with Gasteiger partial charge in [0, 0.05) is 0 Å². The average molecular weight is 190 g/mol. The molecule has 0 spiro atoms. The van der Waals surface area contributed by atoms with Crippen molar-refractivity contribution in [2.24, 2.45) is 0 Å². The van der Waals surface area contributed by atoms with Crippen molar-refractivity contribution in [2.45, 2.75) is 26.2 Å². The van der Waals surface area contributed by atoms with E-state index in [-0.39, 0.29) is 11.9 Å². The molecular weight excluding hydrogens is 176 g/mol. The van der Waals surface area contributed by atoms with E-state index in [1.807, 2.05) is 0 Å². The number of ether oxygens (including phenoxy) is 1. The van der Waals surface area contributed by atoms with E-state index in [0.29, 0.717) is 0 Å². The van der Waals surface area contributed by atoms with Gasteiger partial charge in [0.1, 0.15) is 0 Å². The molecule has 0 fully saturated rings. The second-order valence-electron chi connectivity index (χ2n) is 3.92. The minimum atomic E-state index is -0.110. The molecule has 2 heteroatoms. The Hall–Kier alpha value is -1.31. The Labute approximate surface area is 83.9 Å². The number of aryl methyl sites for hydroxylation is 2. The number of carbonyl (C=O) groups is 1. The van der Waals surface area contributed by atoms with Crippen LogP contribution in [0.4, 0.5) is 0 Å². The van der Waals surface area contributed by atoms with Gasteiger partial charge in [0.05, 0.1) is 13.0 Å². The summed E-state index contributed by atoms with van der Waals surface area (Å²) in [7, 11) is 1.45. The molecule has 0 radical (unpaired) electrons. The van der Waals surface area contributed by atoms with Crippen molar-refractivity contribution in [1.29, 1.82) is 0 Å². The van der Waals surface area contributed by atoms with Gasteiger partial charge in [-0.3, -0.25) is 4.79 Å². The lowest BCUT2D eigenvalue weighted by Crippen LogP contribution is -2.26. The summed E-state index contributed by atoms with van der Waals surface area (Å²) in [4.78, 5) is 11.3. The fourth-order valence-electron chi connectivity index (χ4n) is 1.95. The lowest BCUT2D eigenvalue weighted by atomic mass is 9.76. The smallest absolute Gasteiger partial charge is 0.313 e. The van der Waals surface area contributed by atoms with Crippen molar-refractivity contribution in [3.05, 3.63) is 34.4 Å². The standard InChI is InChI=1S/C12H14O2/c1-7-4-9-6-11(12(13)14-3)10(9)5-8(7)2/h4-5,11H,6H2,1-3H3. The Morgan fingerprint density at radius 2 is 2.00 bits per heavy atom. The molecule has 2 rings (SSSR count). The maximum Gasteiger partial charge on any atom is 0.313 e. The van der Waals surface area contributed by atoms with Crippen LogP contribution in [-0.2, 0) is 16.0 Å². The molecule has 74 valence electrons. The third kappa shape index (κ3) is 1.22. The zero-order valence-electron chi connectivity index (χ0n) is 8.76. The van der Waals surface area contributed by atoms with Gasteiger partial charge in [-0.05, 0) is 42.5 Å². The quantitative estimate of drug-likeness (QED) is 0.634. The van der Waals surface area contributed by atoms with Gasteiger partial charge in [-0.25, -0.2) is 0 Å². The van der Waals surface area contributed by atoms with E-state index in [1.54, 1.807) is 0 Å². The zero-order chi connectivity index (χ0) is 10.3. The summed E-state index contributed by atoms with van der Waals surface area (Å²) in [6.07, 6.45) is 0.836. The first-order chi connectivity index (χ1) is 6.63. The fraction of sp³-hybridized carbons (Fsp3) is 0.417. The number of benzene rings is 1. The summed E-state index contributed by atoms with van der Waals surface area (Å²) in [6.45, 7) is 4.17. The van der Waals surface area contributed by atoms with E-state index >= 15 is 0 Å². The van der Waals surface area contributed by atoms with Crippen molar-refractivity contribution < 1.29 is 9.53 Å². The lowest BCUT2D eigenvalue weighted by molar-refractivity contribution is -0.143. The van der Waals surface area contributed by atoms with Gasteiger partial charge in [-0.15, -0.1) is 0 Å². The maximum absolute atomic E-state index is 11.3. The van der Waals surface area contributed by atoms with Gasteiger partial charge in [0.15, 0.2) is 0 Å². The number of hydrogen-bond donors (Lipinski definition) is 0. The van der Waals surface area contributed by atoms with E-state index < -0.39 is 0 Å². The molecule has 1 aliphatic carbocycles. The van der Waals surface area contributed by atoms with E-state index in [1.165, 1.54) is 23.8 Å². The zero-order valence-corrected chi connectivity index (χ0v) is 8.76. The van der Waals surface area contributed by atoms with Gasteiger partial charge < -0.3 is 4.74 Å². The molecular formula is C12H14O2. The van der Waals surface area contributed by atoms with Crippen molar-refractivity contribution >= 4 is 5.97 Å². The van der Waals surface area contributed by atoms with E-state index in [4.69, 9.17) is 4.74 Å². The Balaban J connectivity index is 2.34. The lowest BCUT2D eigenvalue weighted by Gasteiger charge is -2.29. The molecule has 0 bridgehead atoms. The first-order valence-electron chi connectivity index (χ1n) is 4.81. The Morgan fingerprint density at radius 3 is 2.64 bits per heavy atom. The number of carbonyl (C=O) groups excluding carboxylic acids is 1. The molecule has 0 aliphatic heterocycles. The van der Waals surface area contributed by atoms with Crippen LogP contribution in [0.2, 0.25) is 0 Å². The van der Waals surface area contributed by atoms with Crippen LogP contribution < -0.4 is 0 Å². The first kappa shape index (κ1) is 9.25. The number of rotatable bonds is 1. The highest BCUT2D eigenvalue weighted by molar-refractivity contribution is 5.82. The minimum Gasteiger partial charge on any atom is -0.469 e. The van der Waals surface area contributed by atoms with Gasteiger partial charge in [-0.2, -0.15) is 0 Å². The molecule has 0 N–H and O–H groups in total. The molecule has 0 amide bonds. The Morgan fingerprint density at radius 1 is 1.36 bits per heavy atom. The fourth-order valence-corrected chi connectivity index (χ4v) is 1.95. The number of hydrogen-bond acceptors (Lipinski definition) is 2. The monoisotopic (exact) mass is 190 g/mol. The van der Waals surface area contributed by atoms with Gasteiger partial charge in [0.25, 0.3) is 0 Å². The summed E-state index contributed by atoms with van der Waals surface area (Å²) in [6, 6.07) is 4.28. The highest BCUT2D eigenvalue weighted by Crippen LogP contribution is 2.37. The molecule has 0 saturated carbocycles. The minimum absolute atomic E-state index is 0.0192. The predicted octanol–water partition coefficient (Wildman–Crippen LogP) is 2.12. The topological polar surface area (TPSA) is 26.3 Å². The molecule has 1 aliphatic rings. The number of esters is 1. The van der Waals surface area contributed by atoms with Crippen molar-refractivity contribution in [1.82, 2.24) is 0 Å². The normalized spacial score (nSPS) is 18.4. The van der Waals surface area contributed by atoms with Gasteiger partial charge >= 0.3 is 5.97 Å². The molecule has 1 aromatic carbocycles. The van der Waals surface area contributed by atoms with Crippen molar-refractivity contribution in [3.8, 4) is 0 Å². The second kappa shape index (κ2) is 3.12. The Kier molecular flexibility index (Phi) is 2.06. The third-order valence-electron chi connectivity index (χ3n) is 3.04. The Bertz CT molecular complexity index is 394. The number of methoxy groups -OCH3 is 1. The molecule has 0 heterocycles. The van der Waals surface area contributed by atoms with E-state index in [2.05, 4.69) is 26.0 Å². The highest BCUT2D eigenvalue weighted by atomic mass is 16.5. The van der Waals surface area contributed by atoms with Crippen LogP contribution in [0.3, 0.4) is 0 Å². The molecule has 1 aromatic rings. The number of fused-ring (bicyclic) bond motifs is 1. The van der Waals surface area contributed by atoms with Crippen LogP contribution in [0.25, 0.3) is 0 Å². The van der Waals surface area contributed by atoms with Crippen LogP contribution in [0, 0.1) is 13.8 Å².